The molecule has 28 heavy (non-hydrogen) atoms. The third-order valence-corrected chi connectivity index (χ3v) is 5.41. The molecule has 1 aliphatic heterocycles. The van der Waals surface area contributed by atoms with E-state index in [2.05, 4.69) is 31.3 Å². The molecule has 1 amide bonds. The molecule has 3 rings (SSSR count). The molecule has 1 aliphatic rings. The highest BCUT2D eigenvalue weighted by atomic mass is 19.1. The normalized spacial score (nSPS) is 20.0. The molecule has 2 N–H and O–H groups in total. The van der Waals surface area contributed by atoms with Crippen LogP contribution in [-0.2, 0) is 17.9 Å². The molecular formula is C23H29FN2O2. The fraction of sp³-hybridized carbons (Fsp3) is 0.435. The largest absolute Gasteiger partial charge is 0.379 e. The number of piperidine rings is 1. The van der Waals surface area contributed by atoms with Gasteiger partial charge in [-0.2, -0.15) is 0 Å². The summed E-state index contributed by atoms with van der Waals surface area (Å²) in [6, 6.07) is 14.8. The zero-order valence-electron chi connectivity index (χ0n) is 16.6. The highest BCUT2D eigenvalue weighted by Crippen LogP contribution is 2.24. The lowest BCUT2D eigenvalue weighted by Crippen LogP contribution is -2.57. The summed E-state index contributed by atoms with van der Waals surface area (Å²) >= 11 is 0. The molecule has 5 heteroatoms. The fourth-order valence-electron chi connectivity index (χ4n) is 3.65. The van der Waals surface area contributed by atoms with E-state index in [0.717, 1.165) is 12.0 Å². The van der Waals surface area contributed by atoms with E-state index in [-0.39, 0.29) is 24.8 Å². The Bertz CT molecular complexity index is 807. The van der Waals surface area contributed by atoms with Gasteiger partial charge in [0.2, 0.25) is 0 Å². The number of likely N-dealkylation sites (tertiary alicyclic amines) is 1. The van der Waals surface area contributed by atoms with Crippen LogP contribution >= 0.6 is 0 Å². The first-order chi connectivity index (χ1) is 13.4. The molecule has 0 spiro atoms. The van der Waals surface area contributed by atoms with Crippen LogP contribution in [-0.4, -0.2) is 34.6 Å². The summed E-state index contributed by atoms with van der Waals surface area (Å²) in [7, 11) is 0. The van der Waals surface area contributed by atoms with Crippen LogP contribution in [0.4, 0.5) is 4.39 Å². The average molecular weight is 384 g/mol. The van der Waals surface area contributed by atoms with Gasteiger partial charge in [-0.15, -0.1) is 0 Å². The van der Waals surface area contributed by atoms with Gasteiger partial charge in [0, 0.05) is 31.7 Å². The van der Waals surface area contributed by atoms with Crippen LogP contribution in [0, 0.1) is 5.82 Å². The van der Waals surface area contributed by atoms with E-state index in [1.54, 1.807) is 23.1 Å². The maximum absolute atomic E-state index is 13.7. The van der Waals surface area contributed by atoms with Gasteiger partial charge in [0.25, 0.3) is 5.91 Å². The van der Waals surface area contributed by atoms with Crippen molar-refractivity contribution in [1.82, 2.24) is 10.2 Å². The SMILES string of the molecule is CC(C)c1ccc(CN2CCC[C@@](O)(CNCc3ccccc3F)C2=O)cc1. The van der Waals surface area contributed by atoms with Crippen molar-refractivity contribution in [3.05, 3.63) is 71.0 Å². The highest BCUT2D eigenvalue weighted by molar-refractivity contribution is 5.86. The van der Waals surface area contributed by atoms with Crippen LogP contribution < -0.4 is 5.32 Å². The van der Waals surface area contributed by atoms with Gasteiger partial charge in [0.15, 0.2) is 5.60 Å². The highest BCUT2D eigenvalue weighted by Gasteiger charge is 2.41. The van der Waals surface area contributed by atoms with Crippen molar-refractivity contribution in [3.63, 3.8) is 0 Å². The van der Waals surface area contributed by atoms with Crippen molar-refractivity contribution in [3.8, 4) is 0 Å². The minimum absolute atomic E-state index is 0.114. The lowest BCUT2D eigenvalue weighted by atomic mass is 9.91. The Kier molecular flexibility index (Phi) is 6.47. The minimum atomic E-state index is -1.44. The van der Waals surface area contributed by atoms with E-state index in [0.29, 0.717) is 31.0 Å². The van der Waals surface area contributed by atoms with Crippen LogP contribution in [0.5, 0.6) is 0 Å². The zero-order valence-corrected chi connectivity index (χ0v) is 16.6. The van der Waals surface area contributed by atoms with Crippen molar-refractivity contribution in [2.24, 2.45) is 0 Å². The van der Waals surface area contributed by atoms with Gasteiger partial charge in [-0.3, -0.25) is 4.79 Å². The predicted octanol–water partition coefficient (Wildman–Crippen LogP) is 3.59. The van der Waals surface area contributed by atoms with Crippen LogP contribution in [0.15, 0.2) is 48.5 Å². The second kappa shape index (κ2) is 8.84. The number of nitrogens with one attached hydrogen (secondary N) is 1. The van der Waals surface area contributed by atoms with E-state index >= 15 is 0 Å². The monoisotopic (exact) mass is 384 g/mol. The summed E-state index contributed by atoms with van der Waals surface area (Å²) in [6.07, 6.45) is 1.16. The Hall–Kier alpha value is -2.24. The Morgan fingerprint density at radius 1 is 1.18 bits per heavy atom. The van der Waals surface area contributed by atoms with Gasteiger partial charge >= 0.3 is 0 Å². The molecule has 0 bridgehead atoms. The van der Waals surface area contributed by atoms with Crippen molar-refractivity contribution < 1.29 is 14.3 Å². The van der Waals surface area contributed by atoms with Crippen molar-refractivity contribution in [1.29, 1.82) is 0 Å². The van der Waals surface area contributed by atoms with Crippen LogP contribution in [0.25, 0.3) is 0 Å². The summed E-state index contributed by atoms with van der Waals surface area (Å²) in [6.45, 7) is 5.82. The molecular weight excluding hydrogens is 355 g/mol. The molecule has 1 fully saturated rings. The van der Waals surface area contributed by atoms with Gasteiger partial charge in [-0.25, -0.2) is 4.39 Å². The Labute approximate surface area is 166 Å². The Balaban J connectivity index is 1.59. The molecule has 4 nitrogen and oxygen atoms in total. The number of carbonyl (C=O) groups is 1. The fourth-order valence-corrected chi connectivity index (χ4v) is 3.65. The van der Waals surface area contributed by atoms with E-state index in [9.17, 15) is 14.3 Å². The molecule has 2 aromatic carbocycles. The Morgan fingerprint density at radius 2 is 1.89 bits per heavy atom. The number of benzene rings is 2. The average Bonchev–Trinajstić information content (AvgIpc) is 2.68. The van der Waals surface area contributed by atoms with Crippen molar-refractivity contribution in [2.75, 3.05) is 13.1 Å². The number of halogens is 1. The van der Waals surface area contributed by atoms with Crippen molar-refractivity contribution >= 4 is 5.91 Å². The van der Waals surface area contributed by atoms with Gasteiger partial charge in [-0.05, 0) is 36.0 Å². The van der Waals surface area contributed by atoms with Gasteiger partial charge in [-0.1, -0.05) is 56.3 Å². The van der Waals surface area contributed by atoms with Crippen LogP contribution in [0.3, 0.4) is 0 Å². The number of hydrogen-bond donors (Lipinski definition) is 2. The molecule has 2 aromatic rings. The molecule has 0 saturated carbocycles. The number of amides is 1. The number of carbonyl (C=O) groups excluding carboxylic acids is 1. The minimum Gasteiger partial charge on any atom is -0.379 e. The second-order valence-corrected chi connectivity index (χ2v) is 7.95. The summed E-state index contributed by atoms with van der Waals surface area (Å²) in [5.41, 5.74) is 1.40. The first kappa shape index (κ1) is 20.5. The van der Waals surface area contributed by atoms with Gasteiger partial charge in [0.05, 0.1) is 0 Å². The lowest BCUT2D eigenvalue weighted by molar-refractivity contribution is -0.157. The molecule has 1 atom stereocenters. The summed E-state index contributed by atoms with van der Waals surface area (Å²) < 4.78 is 13.7. The van der Waals surface area contributed by atoms with Crippen LogP contribution in [0.1, 0.15) is 49.3 Å². The second-order valence-electron chi connectivity index (χ2n) is 7.95. The first-order valence-electron chi connectivity index (χ1n) is 9.94. The number of rotatable bonds is 7. The quantitative estimate of drug-likeness (QED) is 0.767. The molecule has 0 aromatic heterocycles. The molecule has 0 unspecified atom stereocenters. The summed E-state index contributed by atoms with van der Waals surface area (Å²) in [5.74, 6) is -0.0764. The summed E-state index contributed by atoms with van der Waals surface area (Å²) in [5, 5.41) is 14.0. The van der Waals surface area contributed by atoms with E-state index in [4.69, 9.17) is 0 Å². The van der Waals surface area contributed by atoms with Gasteiger partial charge < -0.3 is 15.3 Å². The smallest absolute Gasteiger partial charge is 0.256 e. The third-order valence-electron chi connectivity index (χ3n) is 5.41. The maximum atomic E-state index is 13.7. The zero-order chi connectivity index (χ0) is 20.1. The van der Waals surface area contributed by atoms with Crippen LogP contribution in [0.2, 0.25) is 0 Å². The van der Waals surface area contributed by atoms with Gasteiger partial charge in [0.1, 0.15) is 5.82 Å². The number of aliphatic hydroxyl groups is 1. The third kappa shape index (κ3) is 4.78. The Morgan fingerprint density at radius 3 is 2.57 bits per heavy atom. The summed E-state index contributed by atoms with van der Waals surface area (Å²) in [4.78, 5) is 14.6. The van der Waals surface area contributed by atoms with Crippen molar-refractivity contribution in [2.45, 2.75) is 51.3 Å². The topological polar surface area (TPSA) is 52.6 Å². The molecule has 150 valence electrons. The van der Waals surface area contributed by atoms with E-state index in [1.165, 1.54) is 11.6 Å². The molecule has 0 radical (unpaired) electrons. The lowest BCUT2D eigenvalue weighted by Gasteiger charge is -2.38. The number of hydrogen-bond acceptors (Lipinski definition) is 3. The molecule has 1 saturated heterocycles. The standard InChI is InChI=1S/C23H29FN2O2/c1-17(2)19-10-8-18(9-11-19)15-26-13-5-12-23(28,22(26)27)16-25-14-20-6-3-4-7-21(20)24/h3-4,6-11,17,25,28H,5,12-16H2,1-2H3/t23-/m1/s1. The van der Waals surface area contributed by atoms with E-state index in [1.807, 2.05) is 12.1 Å². The predicted molar refractivity (Wildman–Crippen MR) is 108 cm³/mol. The molecule has 1 heterocycles. The van der Waals surface area contributed by atoms with E-state index < -0.39 is 5.60 Å². The number of nitrogens with zero attached hydrogens (tertiary/aromatic N) is 1. The maximum Gasteiger partial charge on any atom is 0.256 e. The molecule has 0 aliphatic carbocycles. The first-order valence-corrected chi connectivity index (χ1v) is 9.94.